The van der Waals surface area contributed by atoms with Crippen molar-refractivity contribution in [1.82, 2.24) is 0 Å². The molecule has 0 atom stereocenters. The minimum absolute atomic E-state index is 0.313. The summed E-state index contributed by atoms with van der Waals surface area (Å²) in [7, 11) is -3.51. The van der Waals surface area contributed by atoms with Crippen LogP contribution in [0.25, 0.3) is 10.8 Å². The van der Waals surface area contributed by atoms with Crippen molar-refractivity contribution in [2.45, 2.75) is 23.3 Å². The molecule has 33 heavy (non-hydrogen) atoms. The van der Waals surface area contributed by atoms with Crippen LogP contribution in [0.3, 0.4) is 0 Å². The van der Waals surface area contributed by atoms with Crippen molar-refractivity contribution < 1.29 is 8.42 Å². The van der Waals surface area contributed by atoms with Crippen molar-refractivity contribution in [3.8, 4) is 0 Å². The lowest BCUT2D eigenvalue weighted by Crippen LogP contribution is -2.22. The Kier molecular flexibility index (Phi) is 5.72. The molecule has 166 valence electrons. The van der Waals surface area contributed by atoms with Gasteiger partial charge in [0.25, 0.3) is 0 Å². The van der Waals surface area contributed by atoms with Gasteiger partial charge in [0, 0.05) is 35.1 Å². The van der Waals surface area contributed by atoms with Crippen molar-refractivity contribution in [3.05, 3.63) is 96.1 Å². The molecule has 0 saturated carbocycles. The van der Waals surface area contributed by atoms with E-state index in [-0.39, 0.29) is 0 Å². The minimum atomic E-state index is -3.51. The summed E-state index contributed by atoms with van der Waals surface area (Å²) in [6.07, 6.45) is 2.06. The van der Waals surface area contributed by atoms with Gasteiger partial charge in [-0.1, -0.05) is 48.5 Å². The fraction of sp³-hybridized carbons (Fsp3) is 0.148. The number of hydrogen-bond donors (Lipinski definition) is 0. The number of sulfone groups is 1. The van der Waals surface area contributed by atoms with Gasteiger partial charge in [-0.25, -0.2) is 13.4 Å². The Morgan fingerprint density at radius 1 is 0.848 bits per heavy atom. The molecular formula is C27H24N2O2S2. The SMILES string of the molecule is CCN(Cc1ccc(S(=O)(=O)c2ccccc2)cc1)c1ccc2c3c(cccc13)C(SC)=N2. The van der Waals surface area contributed by atoms with Gasteiger partial charge in [-0.3, -0.25) is 0 Å². The molecule has 4 nitrogen and oxygen atoms in total. The molecule has 0 fully saturated rings. The second-order valence-corrected chi connectivity index (χ2v) is 10.7. The Morgan fingerprint density at radius 2 is 1.58 bits per heavy atom. The second-order valence-electron chi connectivity index (χ2n) is 7.93. The predicted molar refractivity (Wildman–Crippen MR) is 139 cm³/mol. The van der Waals surface area contributed by atoms with Crippen LogP contribution in [0.4, 0.5) is 11.4 Å². The van der Waals surface area contributed by atoms with Gasteiger partial charge in [-0.05, 0) is 55.1 Å². The topological polar surface area (TPSA) is 49.7 Å². The van der Waals surface area contributed by atoms with E-state index in [1.165, 1.54) is 16.3 Å². The molecule has 0 spiro atoms. The zero-order valence-corrected chi connectivity index (χ0v) is 20.2. The van der Waals surface area contributed by atoms with Crippen molar-refractivity contribution in [2.24, 2.45) is 4.99 Å². The summed E-state index contributed by atoms with van der Waals surface area (Å²) < 4.78 is 25.8. The van der Waals surface area contributed by atoms with Crippen LogP contribution < -0.4 is 4.90 Å². The number of hydrogen-bond acceptors (Lipinski definition) is 5. The molecule has 6 heteroatoms. The van der Waals surface area contributed by atoms with Crippen LogP contribution in [-0.4, -0.2) is 26.3 Å². The molecule has 0 radical (unpaired) electrons. The lowest BCUT2D eigenvalue weighted by atomic mass is 10.0. The highest BCUT2D eigenvalue weighted by Crippen LogP contribution is 2.42. The summed E-state index contributed by atoms with van der Waals surface area (Å²) in [5.41, 5.74) is 4.45. The van der Waals surface area contributed by atoms with E-state index in [2.05, 4.69) is 48.4 Å². The number of benzene rings is 4. The molecule has 0 N–H and O–H groups in total. The largest absolute Gasteiger partial charge is 0.367 e. The van der Waals surface area contributed by atoms with Gasteiger partial charge in [0.1, 0.15) is 5.04 Å². The van der Waals surface area contributed by atoms with Gasteiger partial charge in [0.15, 0.2) is 0 Å². The molecule has 5 rings (SSSR count). The van der Waals surface area contributed by atoms with Crippen LogP contribution in [0, 0.1) is 0 Å². The highest BCUT2D eigenvalue weighted by atomic mass is 32.2. The average molecular weight is 473 g/mol. The Bertz CT molecular complexity index is 1460. The molecule has 1 aliphatic heterocycles. The Morgan fingerprint density at radius 3 is 2.27 bits per heavy atom. The number of anilines is 1. The van der Waals surface area contributed by atoms with Gasteiger partial charge < -0.3 is 4.90 Å². The van der Waals surface area contributed by atoms with Gasteiger partial charge >= 0.3 is 0 Å². The van der Waals surface area contributed by atoms with Crippen molar-refractivity contribution in [3.63, 3.8) is 0 Å². The molecular weight excluding hydrogens is 448 g/mol. The summed E-state index contributed by atoms with van der Waals surface area (Å²) in [5, 5.41) is 3.47. The number of aliphatic imine (C=N–C) groups is 1. The first-order valence-corrected chi connectivity index (χ1v) is 13.6. The lowest BCUT2D eigenvalue weighted by molar-refractivity contribution is 0.596. The molecule has 4 aromatic carbocycles. The van der Waals surface area contributed by atoms with Crippen LogP contribution in [0.1, 0.15) is 18.1 Å². The third-order valence-corrected chi connectivity index (χ3v) is 8.51. The van der Waals surface area contributed by atoms with Crippen LogP contribution in [0.15, 0.2) is 99.7 Å². The lowest BCUT2D eigenvalue weighted by Gasteiger charge is -2.25. The monoisotopic (exact) mass is 472 g/mol. The molecule has 1 heterocycles. The smallest absolute Gasteiger partial charge is 0.206 e. The van der Waals surface area contributed by atoms with Gasteiger partial charge in [-0.2, -0.15) is 0 Å². The molecule has 0 aliphatic carbocycles. The van der Waals surface area contributed by atoms with Crippen LogP contribution in [0.5, 0.6) is 0 Å². The standard InChI is InChI=1S/C27H24N2O2S2/c1-3-29(25-17-16-24-26-22(25)10-7-11-23(26)27(28-24)32-2)18-19-12-14-21(15-13-19)33(30,31)20-8-5-4-6-9-20/h4-17H,3,18H2,1-2H3. The average Bonchev–Trinajstić information content (AvgIpc) is 3.23. The first-order chi connectivity index (χ1) is 16.0. The maximum Gasteiger partial charge on any atom is 0.206 e. The molecule has 0 aromatic heterocycles. The maximum absolute atomic E-state index is 12.9. The zero-order chi connectivity index (χ0) is 23.0. The third-order valence-electron chi connectivity index (χ3n) is 6.02. The minimum Gasteiger partial charge on any atom is -0.367 e. The summed E-state index contributed by atoms with van der Waals surface area (Å²) >= 11 is 1.67. The number of rotatable bonds is 6. The molecule has 0 amide bonds. The second kappa shape index (κ2) is 8.69. The van der Waals surface area contributed by atoms with Crippen LogP contribution in [0.2, 0.25) is 0 Å². The zero-order valence-electron chi connectivity index (χ0n) is 18.5. The quantitative estimate of drug-likeness (QED) is 0.323. The number of nitrogens with zero attached hydrogens (tertiary/aromatic N) is 2. The first-order valence-electron chi connectivity index (χ1n) is 10.9. The van der Waals surface area contributed by atoms with E-state index in [0.717, 1.165) is 28.5 Å². The summed E-state index contributed by atoms with van der Waals surface area (Å²) in [6, 6.07) is 26.4. The van der Waals surface area contributed by atoms with Crippen LogP contribution in [-0.2, 0) is 16.4 Å². The Labute approximate surface area is 198 Å². The summed E-state index contributed by atoms with van der Waals surface area (Å²) in [4.78, 5) is 7.73. The van der Waals surface area contributed by atoms with Crippen molar-refractivity contribution in [2.75, 3.05) is 17.7 Å². The van der Waals surface area contributed by atoms with E-state index in [9.17, 15) is 8.42 Å². The van der Waals surface area contributed by atoms with Crippen molar-refractivity contribution >= 4 is 48.8 Å². The van der Waals surface area contributed by atoms with E-state index >= 15 is 0 Å². The van der Waals surface area contributed by atoms with E-state index in [0.29, 0.717) is 16.3 Å². The van der Waals surface area contributed by atoms with Crippen molar-refractivity contribution in [1.29, 1.82) is 0 Å². The van der Waals surface area contributed by atoms with E-state index < -0.39 is 9.84 Å². The first kappa shape index (κ1) is 21.7. The van der Waals surface area contributed by atoms with Gasteiger partial charge in [0.2, 0.25) is 9.84 Å². The van der Waals surface area contributed by atoms with Crippen LogP contribution >= 0.6 is 11.8 Å². The molecule has 1 aliphatic rings. The van der Waals surface area contributed by atoms with Gasteiger partial charge in [0.05, 0.1) is 15.5 Å². The Balaban J connectivity index is 1.45. The predicted octanol–water partition coefficient (Wildman–Crippen LogP) is 6.45. The molecule has 0 unspecified atom stereocenters. The maximum atomic E-state index is 12.9. The molecule has 0 bridgehead atoms. The molecule has 0 saturated heterocycles. The van der Waals surface area contributed by atoms with Gasteiger partial charge in [-0.15, -0.1) is 11.8 Å². The van der Waals surface area contributed by atoms with E-state index in [1.54, 1.807) is 48.2 Å². The number of thioether (sulfide) groups is 1. The Hall–Kier alpha value is -3.09. The fourth-order valence-corrected chi connectivity index (χ4v) is 6.20. The molecule has 4 aromatic rings. The fourth-order valence-electron chi connectivity index (χ4n) is 4.34. The third kappa shape index (κ3) is 3.83. The van der Waals surface area contributed by atoms with E-state index in [4.69, 9.17) is 4.99 Å². The highest BCUT2D eigenvalue weighted by Gasteiger charge is 2.21. The highest BCUT2D eigenvalue weighted by molar-refractivity contribution is 8.13. The summed E-state index contributed by atoms with van der Waals surface area (Å²) in [5.74, 6) is 0. The normalized spacial score (nSPS) is 12.7. The summed E-state index contributed by atoms with van der Waals surface area (Å²) in [6.45, 7) is 3.66. The van der Waals surface area contributed by atoms with E-state index in [1.807, 2.05) is 18.2 Å².